The van der Waals surface area contributed by atoms with E-state index in [0.29, 0.717) is 34.5 Å². The standard InChI is InChI=1S/C23H24F3N3O/c1-4-23(25,26)18-7-5-6-16-14(3)27-22-17-9-8-15(24)12-19(17)28-21(29-22)13(2)10-11-30-20(16)18/h5-9,12-14H,4,10-11H2,1-3H3,(H,27,28,29)/t13?,14-/m1/s1. The molecule has 2 bridgehead atoms. The Morgan fingerprint density at radius 1 is 1.17 bits per heavy atom. The van der Waals surface area contributed by atoms with Crippen LogP contribution in [0.1, 0.15) is 62.5 Å². The van der Waals surface area contributed by atoms with Gasteiger partial charge in [-0.2, -0.15) is 0 Å². The maximum absolute atomic E-state index is 14.6. The highest BCUT2D eigenvalue weighted by atomic mass is 19.3. The van der Waals surface area contributed by atoms with Gasteiger partial charge in [-0.3, -0.25) is 0 Å². The summed E-state index contributed by atoms with van der Waals surface area (Å²) < 4.78 is 49.0. The van der Waals surface area contributed by atoms with Crippen LogP contribution in [-0.2, 0) is 5.92 Å². The molecule has 3 aromatic rings. The lowest BCUT2D eigenvalue weighted by atomic mass is 9.98. The van der Waals surface area contributed by atoms with Crippen LogP contribution in [0.15, 0.2) is 36.4 Å². The molecule has 0 amide bonds. The highest BCUT2D eigenvalue weighted by Crippen LogP contribution is 2.42. The summed E-state index contributed by atoms with van der Waals surface area (Å²) in [6.45, 7) is 5.52. The molecule has 4 nitrogen and oxygen atoms in total. The van der Waals surface area contributed by atoms with E-state index < -0.39 is 5.92 Å². The molecular weight excluding hydrogens is 391 g/mol. The van der Waals surface area contributed by atoms with Crippen molar-refractivity contribution >= 4 is 16.7 Å². The number of nitrogens with zero attached hydrogens (tertiary/aromatic N) is 2. The predicted octanol–water partition coefficient (Wildman–Crippen LogP) is 6.33. The zero-order chi connectivity index (χ0) is 21.5. The van der Waals surface area contributed by atoms with Crippen LogP contribution in [0.3, 0.4) is 0 Å². The molecule has 158 valence electrons. The van der Waals surface area contributed by atoms with Crippen molar-refractivity contribution in [1.29, 1.82) is 0 Å². The third-order valence-corrected chi connectivity index (χ3v) is 5.62. The molecule has 1 N–H and O–H groups in total. The van der Waals surface area contributed by atoms with Crippen LogP contribution in [0.4, 0.5) is 19.0 Å². The minimum atomic E-state index is -2.99. The molecule has 1 unspecified atom stereocenters. The van der Waals surface area contributed by atoms with E-state index in [0.717, 1.165) is 0 Å². The number of para-hydroxylation sites is 1. The molecule has 0 saturated carbocycles. The van der Waals surface area contributed by atoms with Crippen LogP contribution < -0.4 is 10.1 Å². The predicted molar refractivity (Wildman–Crippen MR) is 111 cm³/mol. The van der Waals surface area contributed by atoms with Crippen molar-refractivity contribution in [3.05, 3.63) is 59.2 Å². The van der Waals surface area contributed by atoms with E-state index in [1.54, 1.807) is 18.2 Å². The maximum atomic E-state index is 14.6. The molecule has 4 rings (SSSR count). The molecule has 0 aliphatic carbocycles. The Bertz CT molecular complexity index is 1090. The number of aromatic nitrogens is 2. The SMILES string of the molecule is CCC(F)(F)c1cccc2c1OCCC(C)c1nc(c3ccc(F)cc3n1)N[C@@H]2C. The summed E-state index contributed by atoms with van der Waals surface area (Å²) in [5.74, 6) is -2.11. The topological polar surface area (TPSA) is 47.0 Å². The van der Waals surface area contributed by atoms with Crippen molar-refractivity contribution in [2.24, 2.45) is 0 Å². The van der Waals surface area contributed by atoms with Crippen molar-refractivity contribution in [3.63, 3.8) is 0 Å². The smallest absolute Gasteiger partial charge is 0.276 e. The van der Waals surface area contributed by atoms with Gasteiger partial charge in [-0.25, -0.2) is 23.1 Å². The molecule has 1 aromatic heterocycles. The number of benzene rings is 2. The zero-order valence-electron chi connectivity index (χ0n) is 17.2. The average molecular weight is 415 g/mol. The maximum Gasteiger partial charge on any atom is 0.276 e. The molecule has 7 heteroatoms. The molecule has 0 radical (unpaired) electrons. The molecule has 1 aliphatic heterocycles. The number of hydrogen-bond acceptors (Lipinski definition) is 4. The molecule has 2 heterocycles. The monoisotopic (exact) mass is 415 g/mol. The molecule has 0 saturated heterocycles. The molecular formula is C23H24F3N3O. The second-order valence-electron chi connectivity index (χ2n) is 7.78. The van der Waals surface area contributed by atoms with Crippen molar-refractivity contribution in [2.75, 3.05) is 11.9 Å². The van der Waals surface area contributed by atoms with E-state index in [2.05, 4.69) is 15.3 Å². The Hall–Kier alpha value is -2.83. The van der Waals surface area contributed by atoms with Crippen molar-refractivity contribution in [1.82, 2.24) is 9.97 Å². The van der Waals surface area contributed by atoms with E-state index in [1.165, 1.54) is 25.1 Å². The Morgan fingerprint density at radius 3 is 2.73 bits per heavy atom. The van der Waals surface area contributed by atoms with Crippen molar-refractivity contribution in [2.45, 2.75) is 51.5 Å². The number of anilines is 1. The van der Waals surface area contributed by atoms with Crippen LogP contribution in [0, 0.1) is 5.82 Å². The van der Waals surface area contributed by atoms with Crippen molar-refractivity contribution < 1.29 is 17.9 Å². The minimum Gasteiger partial charge on any atom is -0.493 e. The first-order chi connectivity index (χ1) is 14.3. The molecule has 30 heavy (non-hydrogen) atoms. The average Bonchev–Trinajstić information content (AvgIpc) is 2.74. The molecule has 0 fully saturated rings. The van der Waals surface area contributed by atoms with E-state index in [-0.39, 0.29) is 42.1 Å². The summed E-state index contributed by atoms with van der Waals surface area (Å²) in [5, 5.41) is 3.99. The van der Waals surface area contributed by atoms with Crippen LogP contribution in [0.2, 0.25) is 0 Å². The number of hydrogen-bond donors (Lipinski definition) is 1. The summed E-state index contributed by atoms with van der Waals surface area (Å²) in [5.41, 5.74) is 1.03. The van der Waals surface area contributed by atoms with Crippen LogP contribution in [0.25, 0.3) is 10.9 Å². The third-order valence-electron chi connectivity index (χ3n) is 5.62. The fraction of sp³-hybridized carbons (Fsp3) is 0.391. The van der Waals surface area contributed by atoms with E-state index in [1.807, 2.05) is 13.8 Å². The lowest BCUT2D eigenvalue weighted by Gasteiger charge is -2.24. The number of ether oxygens (including phenoxy) is 1. The Labute approximate surface area is 173 Å². The lowest BCUT2D eigenvalue weighted by Crippen LogP contribution is -2.17. The van der Waals surface area contributed by atoms with Gasteiger partial charge in [-0.1, -0.05) is 26.0 Å². The van der Waals surface area contributed by atoms with Gasteiger partial charge < -0.3 is 10.1 Å². The number of fused-ring (bicyclic) bond motifs is 5. The van der Waals surface area contributed by atoms with Gasteiger partial charge in [0.15, 0.2) is 0 Å². The number of alkyl halides is 2. The molecule has 1 aliphatic rings. The Kier molecular flexibility index (Phi) is 5.30. The minimum absolute atomic E-state index is 0.0890. The number of halogens is 3. The highest BCUT2D eigenvalue weighted by Gasteiger charge is 2.34. The molecule has 0 spiro atoms. The lowest BCUT2D eigenvalue weighted by molar-refractivity contribution is -0.0111. The van der Waals surface area contributed by atoms with Gasteiger partial charge in [0.25, 0.3) is 5.92 Å². The van der Waals surface area contributed by atoms with E-state index in [4.69, 9.17) is 4.74 Å². The van der Waals surface area contributed by atoms with Gasteiger partial charge in [0.1, 0.15) is 23.2 Å². The van der Waals surface area contributed by atoms with Gasteiger partial charge in [-0.15, -0.1) is 0 Å². The van der Waals surface area contributed by atoms with Gasteiger partial charge in [0.05, 0.1) is 23.7 Å². The normalized spacial score (nSPS) is 19.4. The van der Waals surface area contributed by atoms with Gasteiger partial charge in [-0.05, 0) is 31.5 Å². The van der Waals surface area contributed by atoms with E-state index >= 15 is 0 Å². The number of nitrogens with one attached hydrogen (secondary N) is 1. The van der Waals surface area contributed by atoms with Gasteiger partial charge in [0, 0.05) is 29.4 Å². The second-order valence-corrected chi connectivity index (χ2v) is 7.78. The van der Waals surface area contributed by atoms with Crippen LogP contribution in [0.5, 0.6) is 5.75 Å². The first-order valence-electron chi connectivity index (χ1n) is 10.2. The van der Waals surface area contributed by atoms with E-state index in [9.17, 15) is 13.2 Å². The summed E-state index contributed by atoms with van der Waals surface area (Å²) in [6.07, 6.45) is 0.230. The molecule has 2 atom stereocenters. The summed E-state index contributed by atoms with van der Waals surface area (Å²) >= 11 is 0. The summed E-state index contributed by atoms with van der Waals surface area (Å²) in [7, 11) is 0. The fourth-order valence-electron chi connectivity index (χ4n) is 3.74. The van der Waals surface area contributed by atoms with Crippen LogP contribution in [-0.4, -0.2) is 16.6 Å². The fourth-order valence-corrected chi connectivity index (χ4v) is 3.74. The first-order valence-corrected chi connectivity index (χ1v) is 10.2. The summed E-state index contributed by atoms with van der Waals surface area (Å²) in [4.78, 5) is 9.21. The van der Waals surface area contributed by atoms with Gasteiger partial charge in [0.2, 0.25) is 0 Å². The quantitative estimate of drug-likeness (QED) is 0.531. The van der Waals surface area contributed by atoms with Gasteiger partial charge >= 0.3 is 0 Å². The second kappa shape index (κ2) is 7.78. The third kappa shape index (κ3) is 3.68. The van der Waals surface area contributed by atoms with Crippen LogP contribution >= 0.6 is 0 Å². The summed E-state index contributed by atoms with van der Waals surface area (Å²) in [6, 6.07) is 8.85. The first kappa shape index (κ1) is 20.4. The van der Waals surface area contributed by atoms with Crippen molar-refractivity contribution in [3.8, 4) is 5.75 Å². The number of rotatable bonds is 2. The highest BCUT2D eigenvalue weighted by molar-refractivity contribution is 5.89. The molecule has 2 aromatic carbocycles. The largest absolute Gasteiger partial charge is 0.493 e. The zero-order valence-corrected chi connectivity index (χ0v) is 17.2. The Balaban J connectivity index is 1.87. The Morgan fingerprint density at radius 2 is 1.97 bits per heavy atom.